The minimum absolute atomic E-state index is 0.0221. The smallest absolute Gasteiger partial charge is 0.327 e. The lowest BCUT2D eigenvalue weighted by Crippen LogP contribution is -2.51. The van der Waals surface area contributed by atoms with Crippen molar-refractivity contribution in [2.45, 2.75) is 24.3 Å². The molecule has 2 aliphatic rings. The molecule has 0 spiro atoms. The van der Waals surface area contributed by atoms with Crippen molar-refractivity contribution in [3.05, 3.63) is 0 Å². The van der Waals surface area contributed by atoms with Gasteiger partial charge in [-0.1, -0.05) is 0 Å². The lowest BCUT2D eigenvalue weighted by molar-refractivity contribution is -0.141. The average molecular weight is 259 g/mol. The Morgan fingerprint density at radius 3 is 2.71 bits per heavy atom. The van der Waals surface area contributed by atoms with Gasteiger partial charge in [0.2, 0.25) is 0 Å². The van der Waals surface area contributed by atoms with Crippen LogP contribution >= 0.6 is 11.8 Å². The van der Waals surface area contributed by atoms with Gasteiger partial charge in [0, 0.05) is 18.8 Å². The van der Waals surface area contributed by atoms with Gasteiger partial charge < -0.3 is 16.2 Å². The Balaban J connectivity index is 2.05. The van der Waals surface area contributed by atoms with Crippen molar-refractivity contribution < 1.29 is 14.7 Å². The molecule has 2 rings (SSSR count). The van der Waals surface area contributed by atoms with E-state index in [0.29, 0.717) is 24.8 Å². The van der Waals surface area contributed by atoms with E-state index in [4.69, 9.17) is 10.8 Å². The Morgan fingerprint density at radius 1 is 1.47 bits per heavy atom. The number of carboxylic acids is 1. The van der Waals surface area contributed by atoms with Gasteiger partial charge in [-0.25, -0.2) is 9.59 Å². The first-order valence-electron chi connectivity index (χ1n) is 5.75. The molecule has 0 aromatic heterocycles. The molecular formula is C10H17N3O3S. The maximum Gasteiger partial charge on any atom is 0.327 e. The van der Waals surface area contributed by atoms with E-state index in [0.717, 1.165) is 12.8 Å². The maximum absolute atomic E-state index is 11.9. The molecule has 2 fully saturated rings. The van der Waals surface area contributed by atoms with Crippen LogP contribution in [0.5, 0.6) is 0 Å². The third-order valence-electron chi connectivity index (χ3n) is 3.00. The van der Waals surface area contributed by atoms with Crippen LogP contribution in [0.2, 0.25) is 0 Å². The van der Waals surface area contributed by atoms with Crippen LogP contribution in [0.3, 0.4) is 0 Å². The minimum Gasteiger partial charge on any atom is -0.480 e. The van der Waals surface area contributed by atoms with Crippen molar-refractivity contribution in [1.29, 1.82) is 0 Å². The van der Waals surface area contributed by atoms with Crippen molar-refractivity contribution in [2.24, 2.45) is 11.7 Å². The van der Waals surface area contributed by atoms with Gasteiger partial charge in [0.25, 0.3) is 0 Å². The third-order valence-corrected chi connectivity index (χ3v) is 4.46. The summed E-state index contributed by atoms with van der Waals surface area (Å²) in [4.78, 5) is 24.5. The van der Waals surface area contributed by atoms with Crippen LogP contribution < -0.4 is 11.1 Å². The fraction of sp³-hybridized carbons (Fsp3) is 0.800. The number of hydrogen-bond acceptors (Lipinski definition) is 4. The summed E-state index contributed by atoms with van der Waals surface area (Å²) in [5, 5.41) is 11.8. The first-order chi connectivity index (χ1) is 8.15. The normalized spacial score (nSPS) is 28.2. The van der Waals surface area contributed by atoms with Crippen LogP contribution in [0.1, 0.15) is 12.8 Å². The molecule has 0 radical (unpaired) electrons. The molecule has 0 aromatic rings. The second kappa shape index (κ2) is 5.14. The largest absolute Gasteiger partial charge is 0.480 e. The van der Waals surface area contributed by atoms with E-state index in [9.17, 15) is 9.59 Å². The number of nitrogens with one attached hydrogen (secondary N) is 1. The highest BCUT2D eigenvalue weighted by atomic mass is 32.2. The molecule has 2 atom stereocenters. The Morgan fingerprint density at radius 2 is 2.18 bits per heavy atom. The fourth-order valence-electron chi connectivity index (χ4n) is 1.99. The number of hydrogen-bond donors (Lipinski definition) is 3. The minimum atomic E-state index is -0.927. The van der Waals surface area contributed by atoms with E-state index in [1.54, 1.807) is 11.8 Å². The maximum atomic E-state index is 11.9. The Labute approximate surface area is 104 Å². The van der Waals surface area contributed by atoms with Crippen LogP contribution in [0.4, 0.5) is 4.79 Å². The molecular weight excluding hydrogens is 242 g/mol. The van der Waals surface area contributed by atoms with Crippen molar-refractivity contribution in [1.82, 2.24) is 10.2 Å². The SMILES string of the molecule is NCCNC(=O)N1C(C(=O)O)CSC1C1CC1. The second-order valence-corrected chi connectivity index (χ2v) is 5.49. The van der Waals surface area contributed by atoms with Crippen LogP contribution in [0.15, 0.2) is 0 Å². The molecule has 0 aromatic carbocycles. The van der Waals surface area contributed by atoms with Crippen LogP contribution in [0.25, 0.3) is 0 Å². The number of carbonyl (C=O) groups is 2. The number of aliphatic carboxylic acids is 1. The zero-order chi connectivity index (χ0) is 12.4. The van der Waals surface area contributed by atoms with Gasteiger partial charge in [0.1, 0.15) is 6.04 Å². The molecule has 4 N–H and O–H groups in total. The highest BCUT2D eigenvalue weighted by Gasteiger charge is 2.47. The summed E-state index contributed by atoms with van der Waals surface area (Å²) in [6.45, 7) is 0.738. The second-order valence-electron chi connectivity index (χ2n) is 4.34. The molecule has 1 aliphatic heterocycles. The number of nitrogens with two attached hydrogens (primary N) is 1. The van der Waals surface area contributed by atoms with Crippen molar-refractivity contribution >= 4 is 23.8 Å². The summed E-state index contributed by atoms with van der Waals surface area (Å²) in [5.41, 5.74) is 5.32. The van der Waals surface area contributed by atoms with E-state index in [-0.39, 0.29) is 11.4 Å². The highest BCUT2D eigenvalue weighted by molar-refractivity contribution is 8.00. The first kappa shape index (κ1) is 12.5. The number of carboxylic acid groups (broad SMARTS) is 1. The van der Waals surface area contributed by atoms with Crippen molar-refractivity contribution in [3.8, 4) is 0 Å². The van der Waals surface area contributed by atoms with E-state index in [1.807, 2.05) is 0 Å². The van der Waals surface area contributed by atoms with Crippen LogP contribution in [-0.4, -0.2) is 52.3 Å². The molecule has 17 heavy (non-hydrogen) atoms. The molecule has 1 aliphatic carbocycles. The Hall–Kier alpha value is -0.950. The molecule has 96 valence electrons. The highest BCUT2D eigenvalue weighted by Crippen LogP contribution is 2.45. The van der Waals surface area contributed by atoms with Crippen molar-refractivity contribution in [3.63, 3.8) is 0 Å². The molecule has 2 unspecified atom stereocenters. The molecule has 1 saturated heterocycles. The molecule has 2 amide bonds. The predicted molar refractivity (Wildman–Crippen MR) is 64.7 cm³/mol. The topological polar surface area (TPSA) is 95.7 Å². The molecule has 7 heteroatoms. The number of nitrogens with zero attached hydrogens (tertiary/aromatic N) is 1. The molecule has 0 bridgehead atoms. The summed E-state index contributed by atoms with van der Waals surface area (Å²) in [5.74, 6) is 0.0172. The van der Waals surface area contributed by atoms with E-state index in [2.05, 4.69) is 5.32 Å². The van der Waals surface area contributed by atoms with E-state index >= 15 is 0 Å². The monoisotopic (exact) mass is 259 g/mol. The standard InChI is InChI=1S/C10H17N3O3S/c11-3-4-12-10(16)13-7(9(14)15)5-17-8(13)6-1-2-6/h6-8H,1-5,11H2,(H,12,16)(H,14,15). The number of carbonyl (C=O) groups excluding carboxylic acids is 1. The first-order valence-corrected chi connectivity index (χ1v) is 6.80. The zero-order valence-electron chi connectivity index (χ0n) is 9.46. The number of amides is 2. The van der Waals surface area contributed by atoms with Crippen molar-refractivity contribution in [2.75, 3.05) is 18.8 Å². The van der Waals surface area contributed by atoms with Gasteiger partial charge in [0.05, 0.1) is 5.37 Å². The quantitative estimate of drug-likeness (QED) is 0.655. The Kier molecular flexibility index (Phi) is 3.78. The van der Waals surface area contributed by atoms with Gasteiger partial charge in [-0.3, -0.25) is 4.90 Å². The zero-order valence-corrected chi connectivity index (χ0v) is 10.3. The number of rotatable bonds is 4. The predicted octanol–water partition coefficient (Wildman–Crippen LogP) is -0.107. The lowest BCUT2D eigenvalue weighted by Gasteiger charge is -2.27. The van der Waals surface area contributed by atoms with Crippen LogP contribution in [-0.2, 0) is 4.79 Å². The van der Waals surface area contributed by atoms with Gasteiger partial charge in [-0.15, -0.1) is 11.8 Å². The van der Waals surface area contributed by atoms with Crippen LogP contribution in [0, 0.1) is 5.92 Å². The fourth-order valence-corrected chi connectivity index (χ4v) is 3.62. The molecule has 1 heterocycles. The van der Waals surface area contributed by atoms with Gasteiger partial charge >= 0.3 is 12.0 Å². The van der Waals surface area contributed by atoms with Gasteiger partial charge in [-0.2, -0.15) is 0 Å². The lowest BCUT2D eigenvalue weighted by atomic mass is 10.2. The van der Waals surface area contributed by atoms with Gasteiger partial charge in [0.15, 0.2) is 0 Å². The summed E-state index contributed by atoms with van der Waals surface area (Å²) in [6.07, 6.45) is 2.18. The summed E-state index contributed by atoms with van der Waals surface area (Å²) >= 11 is 1.57. The summed E-state index contributed by atoms with van der Waals surface area (Å²) in [6, 6.07) is -1.01. The molecule has 1 saturated carbocycles. The number of thioether (sulfide) groups is 1. The van der Waals surface area contributed by atoms with E-state index < -0.39 is 12.0 Å². The van der Waals surface area contributed by atoms with E-state index in [1.165, 1.54) is 4.90 Å². The summed E-state index contributed by atoms with van der Waals surface area (Å²) < 4.78 is 0. The average Bonchev–Trinajstić information content (AvgIpc) is 3.04. The number of urea groups is 1. The summed E-state index contributed by atoms with van der Waals surface area (Å²) in [7, 11) is 0. The Bertz CT molecular complexity index is 322. The third kappa shape index (κ3) is 2.66. The van der Waals surface area contributed by atoms with Gasteiger partial charge in [-0.05, 0) is 18.8 Å². The molecule has 6 nitrogen and oxygen atoms in total.